The maximum atomic E-state index is 14.0. The Bertz CT molecular complexity index is 640. The lowest BCUT2D eigenvalue weighted by Gasteiger charge is -2.20. The van der Waals surface area contributed by atoms with Crippen molar-refractivity contribution in [2.45, 2.75) is 44.2 Å². The van der Waals surface area contributed by atoms with Crippen LogP contribution in [0.4, 0.5) is 13.6 Å². The lowest BCUT2D eigenvalue weighted by atomic mass is 9.93. The molecule has 6 nitrogen and oxygen atoms in total. The molecule has 0 fully saturated rings. The standard InChI is InChI=1S/C17H23F2N3O3/c1-2-11(23)9-21-16-14(22-17(24)25)7-6-10(8-20-16)12-4-3-5-13(18)15(12)19/h3-5,10-11,14,22-23H,2,6-9H2,1H3,(H,20,21)(H,24,25)/t10?,11?,14-/m1/s1. The Morgan fingerprint density at radius 2 is 2.16 bits per heavy atom. The topological polar surface area (TPSA) is 94.0 Å². The highest BCUT2D eigenvalue weighted by atomic mass is 19.2. The molecule has 1 aromatic carbocycles. The SMILES string of the molecule is CCC(O)CNC1=NCC(c2cccc(F)c2F)CC[C@H]1NC(=O)O. The van der Waals surface area contributed by atoms with E-state index in [1.54, 1.807) is 0 Å². The van der Waals surface area contributed by atoms with Crippen LogP contribution in [0.5, 0.6) is 0 Å². The van der Waals surface area contributed by atoms with E-state index in [2.05, 4.69) is 15.6 Å². The van der Waals surface area contributed by atoms with E-state index in [9.17, 15) is 18.7 Å². The molecule has 0 saturated heterocycles. The average Bonchev–Trinajstić information content (AvgIpc) is 2.77. The highest BCUT2D eigenvalue weighted by Crippen LogP contribution is 2.28. The molecule has 0 aromatic heterocycles. The summed E-state index contributed by atoms with van der Waals surface area (Å²) in [7, 11) is 0. The summed E-state index contributed by atoms with van der Waals surface area (Å²) in [5.74, 6) is -1.72. The van der Waals surface area contributed by atoms with Gasteiger partial charge in [-0.25, -0.2) is 13.6 Å². The Morgan fingerprint density at radius 3 is 2.84 bits per heavy atom. The van der Waals surface area contributed by atoms with Gasteiger partial charge in [-0.3, -0.25) is 4.99 Å². The van der Waals surface area contributed by atoms with Gasteiger partial charge < -0.3 is 20.8 Å². The molecule has 1 amide bonds. The minimum atomic E-state index is -1.19. The Kier molecular flexibility index (Phi) is 6.69. The van der Waals surface area contributed by atoms with Crippen molar-refractivity contribution < 1.29 is 23.8 Å². The van der Waals surface area contributed by atoms with Crippen LogP contribution >= 0.6 is 0 Å². The molecule has 1 heterocycles. The third kappa shape index (κ3) is 5.12. The minimum Gasteiger partial charge on any atom is -0.465 e. The molecule has 1 aromatic rings. The van der Waals surface area contributed by atoms with E-state index in [0.717, 1.165) is 6.07 Å². The number of aliphatic hydroxyl groups is 1. The van der Waals surface area contributed by atoms with Crippen LogP contribution in [0, 0.1) is 11.6 Å². The van der Waals surface area contributed by atoms with Crippen molar-refractivity contribution in [2.75, 3.05) is 13.1 Å². The van der Waals surface area contributed by atoms with Gasteiger partial charge in [-0.15, -0.1) is 0 Å². The number of aliphatic imine (C=N–C) groups is 1. The zero-order chi connectivity index (χ0) is 18.4. The summed E-state index contributed by atoms with van der Waals surface area (Å²) in [5.41, 5.74) is 0.243. The number of amides is 1. The first-order chi connectivity index (χ1) is 11.9. The maximum absolute atomic E-state index is 14.0. The number of benzene rings is 1. The van der Waals surface area contributed by atoms with Crippen molar-refractivity contribution in [3.8, 4) is 0 Å². The van der Waals surface area contributed by atoms with Gasteiger partial charge in [0.1, 0.15) is 5.84 Å². The van der Waals surface area contributed by atoms with E-state index in [-0.39, 0.29) is 24.6 Å². The highest BCUT2D eigenvalue weighted by Gasteiger charge is 2.27. The van der Waals surface area contributed by atoms with E-state index in [4.69, 9.17) is 5.11 Å². The fourth-order valence-corrected chi connectivity index (χ4v) is 2.84. The third-order valence-electron chi connectivity index (χ3n) is 4.32. The molecular weight excluding hydrogens is 332 g/mol. The van der Waals surface area contributed by atoms with E-state index >= 15 is 0 Å². The normalized spacial score (nSPS) is 21.8. The molecule has 8 heteroatoms. The molecule has 1 aliphatic heterocycles. The quantitative estimate of drug-likeness (QED) is 0.652. The van der Waals surface area contributed by atoms with Crippen LogP contribution in [0.15, 0.2) is 23.2 Å². The first-order valence-electron chi connectivity index (χ1n) is 8.32. The molecule has 3 atom stereocenters. The van der Waals surface area contributed by atoms with Crippen LogP contribution in [0.2, 0.25) is 0 Å². The minimum absolute atomic E-state index is 0.211. The smallest absolute Gasteiger partial charge is 0.405 e. The number of hydrogen-bond acceptors (Lipinski definition) is 4. The van der Waals surface area contributed by atoms with Gasteiger partial charge in [0.2, 0.25) is 0 Å². The van der Waals surface area contributed by atoms with Crippen LogP contribution in [-0.4, -0.2) is 47.4 Å². The molecule has 0 aliphatic carbocycles. The first-order valence-corrected chi connectivity index (χ1v) is 8.32. The fraction of sp³-hybridized carbons (Fsp3) is 0.529. The monoisotopic (exact) mass is 355 g/mol. The first kappa shape index (κ1) is 19.1. The summed E-state index contributed by atoms with van der Waals surface area (Å²) in [4.78, 5) is 15.4. The summed E-state index contributed by atoms with van der Waals surface area (Å²) in [6, 6.07) is 3.46. The lowest BCUT2D eigenvalue weighted by Crippen LogP contribution is -2.47. The van der Waals surface area contributed by atoms with Gasteiger partial charge in [0.25, 0.3) is 0 Å². The van der Waals surface area contributed by atoms with Crippen molar-refractivity contribution in [2.24, 2.45) is 4.99 Å². The summed E-state index contributed by atoms with van der Waals surface area (Å²) in [6.45, 7) is 2.28. The molecule has 1 aliphatic rings. The molecule has 0 saturated carbocycles. The van der Waals surface area contributed by atoms with Crippen LogP contribution in [0.1, 0.15) is 37.7 Å². The number of carbonyl (C=O) groups is 1. The Labute approximate surface area is 145 Å². The summed E-state index contributed by atoms with van der Waals surface area (Å²) in [6.07, 6.45) is -0.370. The maximum Gasteiger partial charge on any atom is 0.405 e. The molecular formula is C17H23F2N3O3. The second kappa shape index (κ2) is 8.75. The van der Waals surface area contributed by atoms with E-state index in [1.165, 1.54) is 12.1 Å². The number of carboxylic acid groups (broad SMARTS) is 1. The number of nitrogens with zero attached hydrogens (tertiary/aromatic N) is 1. The van der Waals surface area contributed by atoms with Crippen molar-refractivity contribution in [3.05, 3.63) is 35.4 Å². The van der Waals surface area contributed by atoms with Gasteiger partial charge in [0.05, 0.1) is 12.1 Å². The number of hydrogen-bond donors (Lipinski definition) is 4. The molecule has 25 heavy (non-hydrogen) atoms. The van der Waals surface area contributed by atoms with Gasteiger partial charge in [0.15, 0.2) is 11.6 Å². The summed E-state index contributed by atoms with van der Waals surface area (Å²) < 4.78 is 27.5. The van der Waals surface area contributed by atoms with Crippen molar-refractivity contribution in [1.29, 1.82) is 0 Å². The molecule has 2 rings (SSSR count). The highest BCUT2D eigenvalue weighted by molar-refractivity contribution is 5.90. The Balaban J connectivity index is 2.18. The van der Waals surface area contributed by atoms with Gasteiger partial charge in [-0.05, 0) is 30.9 Å². The van der Waals surface area contributed by atoms with Crippen molar-refractivity contribution in [1.82, 2.24) is 10.6 Å². The largest absolute Gasteiger partial charge is 0.465 e. The van der Waals surface area contributed by atoms with Crippen LogP contribution < -0.4 is 10.6 Å². The zero-order valence-electron chi connectivity index (χ0n) is 14.0. The van der Waals surface area contributed by atoms with Crippen LogP contribution in [0.25, 0.3) is 0 Å². The Morgan fingerprint density at radius 1 is 1.40 bits per heavy atom. The molecule has 0 radical (unpaired) electrons. The number of amidine groups is 1. The van der Waals surface area contributed by atoms with Crippen molar-refractivity contribution >= 4 is 11.9 Å². The zero-order valence-corrected chi connectivity index (χ0v) is 14.0. The molecule has 0 spiro atoms. The van der Waals surface area contributed by atoms with Gasteiger partial charge in [0, 0.05) is 19.0 Å². The second-order valence-electron chi connectivity index (χ2n) is 6.09. The molecule has 2 unspecified atom stereocenters. The number of nitrogens with one attached hydrogen (secondary N) is 2. The van der Waals surface area contributed by atoms with Crippen LogP contribution in [0.3, 0.4) is 0 Å². The number of halogens is 2. The molecule has 4 N–H and O–H groups in total. The Hall–Kier alpha value is -2.22. The van der Waals surface area contributed by atoms with Gasteiger partial charge >= 0.3 is 6.09 Å². The van der Waals surface area contributed by atoms with Crippen LogP contribution in [-0.2, 0) is 0 Å². The third-order valence-corrected chi connectivity index (χ3v) is 4.32. The second-order valence-corrected chi connectivity index (χ2v) is 6.09. The predicted octanol–water partition coefficient (Wildman–Crippen LogP) is 2.24. The molecule has 0 bridgehead atoms. The van der Waals surface area contributed by atoms with E-state index in [0.29, 0.717) is 25.1 Å². The molecule has 138 valence electrons. The number of aliphatic hydroxyl groups excluding tert-OH is 1. The lowest BCUT2D eigenvalue weighted by molar-refractivity contribution is 0.173. The fourth-order valence-electron chi connectivity index (χ4n) is 2.84. The van der Waals surface area contributed by atoms with Gasteiger partial charge in [-0.1, -0.05) is 19.1 Å². The van der Waals surface area contributed by atoms with E-state index < -0.39 is 29.9 Å². The van der Waals surface area contributed by atoms with Gasteiger partial charge in [-0.2, -0.15) is 0 Å². The average molecular weight is 355 g/mol. The van der Waals surface area contributed by atoms with Crippen molar-refractivity contribution in [3.63, 3.8) is 0 Å². The van der Waals surface area contributed by atoms with E-state index in [1.807, 2.05) is 6.92 Å². The summed E-state index contributed by atoms with van der Waals surface area (Å²) in [5, 5.41) is 24.0. The predicted molar refractivity (Wildman–Crippen MR) is 89.9 cm³/mol. The number of rotatable bonds is 5. The summed E-state index contributed by atoms with van der Waals surface area (Å²) >= 11 is 0.